The fourth-order valence-electron chi connectivity index (χ4n) is 1.55. The maximum absolute atomic E-state index is 9.83. The van der Waals surface area contributed by atoms with Crippen molar-refractivity contribution in [2.45, 2.75) is 26.4 Å². The van der Waals surface area contributed by atoms with Crippen LogP contribution in [0.1, 0.15) is 20.3 Å². The van der Waals surface area contributed by atoms with Crippen LogP contribution in [0.3, 0.4) is 0 Å². The molecule has 21 heavy (non-hydrogen) atoms. The smallest absolute Gasteiger partial charge is 0.188 e. The van der Waals surface area contributed by atoms with Crippen LogP contribution in [0.4, 0.5) is 0 Å². The van der Waals surface area contributed by atoms with E-state index in [0.29, 0.717) is 17.6 Å². The van der Waals surface area contributed by atoms with Crippen molar-refractivity contribution in [3.63, 3.8) is 0 Å². The molecular weight excluding hydrogens is 334 g/mol. The molecule has 0 bridgehead atoms. The zero-order valence-corrected chi connectivity index (χ0v) is 14.1. The summed E-state index contributed by atoms with van der Waals surface area (Å²) in [6, 6.07) is 7.50. The van der Waals surface area contributed by atoms with Crippen molar-refractivity contribution in [3.8, 4) is 5.75 Å². The number of aliphatic imine (C=N–C) groups is 1. The molecule has 1 unspecified atom stereocenters. The maximum atomic E-state index is 9.83. The van der Waals surface area contributed by atoms with E-state index < -0.39 is 6.10 Å². The van der Waals surface area contributed by atoms with E-state index in [2.05, 4.69) is 40.1 Å². The second-order valence-electron chi connectivity index (χ2n) is 5.23. The Morgan fingerprint density at radius 2 is 2.14 bits per heavy atom. The van der Waals surface area contributed by atoms with Crippen LogP contribution >= 0.6 is 15.9 Å². The van der Waals surface area contributed by atoms with Crippen molar-refractivity contribution in [1.82, 2.24) is 5.32 Å². The number of hydrogen-bond donors (Lipinski definition) is 3. The fourth-order valence-corrected chi connectivity index (χ4v) is 1.95. The molecule has 0 aliphatic carbocycles. The molecule has 0 aromatic heterocycles. The second-order valence-corrected chi connectivity index (χ2v) is 6.08. The molecular formula is C15H24BrN3O2. The van der Waals surface area contributed by atoms with Crippen molar-refractivity contribution in [3.05, 3.63) is 28.7 Å². The molecule has 1 aromatic rings. The van der Waals surface area contributed by atoms with Crippen LogP contribution in [0.15, 0.2) is 33.7 Å². The molecule has 118 valence electrons. The summed E-state index contributed by atoms with van der Waals surface area (Å²) in [6.07, 6.45) is 0.340. The first kappa shape index (κ1) is 17.8. The number of aliphatic hydroxyl groups excluding tert-OH is 1. The summed E-state index contributed by atoms with van der Waals surface area (Å²) in [5.74, 6) is 1.67. The summed E-state index contributed by atoms with van der Waals surface area (Å²) in [5.41, 5.74) is 5.72. The molecule has 4 N–H and O–H groups in total. The lowest BCUT2D eigenvalue weighted by Gasteiger charge is -2.12. The van der Waals surface area contributed by atoms with E-state index in [0.717, 1.165) is 17.4 Å². The number of para-hydroxylation sites is 1. The van der Waals surface area contributed by atoms with Gasteiger partial charge in [-0.1, -0.05) is 26.0 Å². The van der Waals surface area contributed by atoms with Crippen LogP contribution in [-0.4, -0.2) is 36.9 Å². The molecule has 6 heteroatoms. The van der Waals surface area contributed by atoms with Crippen LogP contribution < -0.4 is 15.8 Å². The van der Waals surface area contributed by atoms with Gasteiger partial charge in [0.15, 0.2) is 5.96 Å². The lowest BCUT2D eigenvalue weighted by atomic mass is 10.1. The highest BCUT2D eigenvalue weighted by molar-refractivity contribution is 9.10. The number of nitrogens with two attached hydrogens (primary N) is 1. The Morgan fingerprint density at radius 1 is 1.43 bits per heavy atom. The zero-order chi connectivity index (χ0) is 15.7. The minimum atomic E-state index is -0.692. The predicted octanol–water partition coefficient (Wildman–Crippen LogP) is 2.14. The van der Waals surface area contributed by atoms with Gasteiger partial charge in [-0.2, -0.15) is 0 Å². The van der Waals surface area contributed by atoms with Gasteiger partial charge in [-0.25, -0.2) is 0 Å². The number of nitrogens with zero attached hydrogens (tertiary/aromatic N) is 1. The average molecular weight is 358 g/mol. The first-order chi connectivity index (χ1) is 9.99. The number of halogens is 1. The van der Waals surface area contributed by atoms with E-state index in [1.165, 1.54) is 0 Å². The summed E-state index contributed by atoms with van der Waals surface area (Å²) >= 11 is 3.38. The van der Waals surface area contributed by atoms with Crippen LogP contribution in [0.5, 0.6) is 5.75 Å². The molecule has 1 atom stereocenters. The Hall–Kier alpha value is -1.27. The summed E-state index contributed by atoms with van der Waals surface area (Å²) in [6.45, 7) is 5.47. The highest BCUT2D eigenvalue weighted by Crippen LogP contribution is 2.23. The highest BCUT2D eigenvalue weighted by atomic mass is 79.9. The highest BCUT2D eigenvalue weighted by Gasteiger charge is 2.06. The summed E-state index contributed by atoms with van der Waals surface area (Å²) in [4.78, 5) is 4.10. The molecule has 0 aliphatic heterocycles. The molecule has 0 fully saturated rings. The van der Waals surface area contributed by atoms with E-state index in [-0.39, 0.29) is 13.2 Å². The van der Waals surface area contributed by atoms with E-state index in [9.17, 15) is 5.11 Å². The molecule has 5 nitrogen and oxygen atoms in total. The van der Waals surface area contributed by atoms with E-state index in [1.54, 1.807) is 0 Å². The maximum Gasteiger partial charge on any atom is 0.188 e. The van der Waals surface area contributed by atoms with Crippen LogP contribution in [-0.2, 0) is 0 Å². The third kappa shape index (κ3) is 7.92. The minimum absolute atomic E-state index is 0.172. The number of ether oxygens (including phenoxy) is 1. The van der Waals surface area contributed by atoms with Crippen molar-refractivity contribution < 1.29 is 9.84 Å². The van der Waals surface area contributed by atoms with Gasteiger partial charge < -0.3 is 20.9 Å². The fraction of sp³-hybridized carbons (Fsp3) is 0.533. The number of nitrogens with one attached hydrogen (secondary N) is 1. The van der Waals surface area contributed by atoms with E-state index >= 15 is 0 Å². The van der Waals surface area contributed by atoms with Crippen LogP contribution in [0, 0.1) is 5.92 Å². The number of guanidine groups is 1. The Bertz CT molecular complexity index is 452. The number of hydrogen-bond acceptors (Lipinski definition) is 3. The van der Waals surface area contributed by atoms with E-state index in [1.807, 2.05) is 24.3 Å². The number of aliphatic hydroxyl groups is 1. The van der Waals surface area contributed by atoms with Crippen LogP contribution in [0.2, 0.25) is 0 Å². The third-order valence-electron chi connectivity index (χ3n) is 2.77. The Morgan fingerprint density at radius 3 is 2.81 bits per heavy atom. The molecule has 0 radical (unpaired) electrons. The van der Waals surface area contributed by atoms with Crippen LogP contribution in [0.25, 0.3) is 0 Å². The topological polar surface area (TPSA) is 79.9 Å². The van der Waals surface area contributed by atoms with Gasteiger partial charge in [-0.3, -0.25) is 4.99 Å². The van der Waals surface area contributed by atoms with Crippen molar-refractivity contribution in [2.24, 2.45) is 16.6 Å². The largest absolute Gasteiger partial charge is 0.490 e. The SMILES string of the molecule is CC(C)CCNC(N)=NCC(O)COc1ccccc1Br. The van der Waals surface area contributed by atoms with Gasteiger partial charge >= 0.3 is 0 Å². The number of rotatable bonds is 8. The molecule has 0 spiro atoms. The van der Waals surface area contributed by atoms with Gasteiger partial charge in [0, 0.05) is 6.54 Å². The van der Waals surface area contributed by atoms with Gasteiger partial charge in [-0.05, 0) is 40.4 Å². The molecule has 0 aliphatic rings. The summed E-state index contributed by atoms with van der Waals surface area (Å²) < 4.78 is 6.37. The quantitative estimate of drug-likeness (QED) is 0.491. The van der Waals surface area contributed by atoms with E-state index in [4.69, 9.17) is 10.5 Å². The monoisotopic (exact) mass is 357 g/mol. The van der Waals surface area contributed by atoms with Crippen molar-refractivity contribution in [1.29, 1.82) is 0 Å². The van der Waals surface area contributed by atoms with Gasteiger partial charge in [0.25, 0.3) is 0 Å². The molecule has 0 heterocycles. The molecule has 1 rings (SSSR count). The lowest BCUT2D eigenvalue weighted by Crippen LogP contribution is -2.34. The minimum Gasteiger partial charge on any atom is -0.490 e. The summed E-state index contributed by atoms with van der Waals surface area (Å²) in [5, 5.41) is 12.9. The first-order valence-corrected chi connectivity index (χ1v) is 7.87. The average Bonchev–Trinajstić information content (AvgIpc) is 2.44. The van der Waals surface area contributed by atoms with Crippen molar-refractivity contribution >= 4 is 21.9 Å². The molecule has 0 amide bonds. The molecule has 0 saturated heterocycles. The third-order valence-corrected chi connectivity index (χ3v) is 3.42. The molecule has 1 aromatic carbocycles. The van der Waals surface area contributed by atoms with Gasteiger partial charge in [-0.15, -0.1) is 0 Å². The Balaban J connectivity index is 2.27. The van der Waals surface area contributed by atoms with Crippen molar-refractivity contribution in [2.75, 3.05) is 19.7 Å². The first-order valence-electron chi connectivity index (χ1n) is 7.08. The molecule has 0 saturated carbocycles. The standard InChI is InChI=1S/C15H24BrN3O2/c1-11(2)7-8-18-15(17)19-9-12(20)10-21-14-6-4-3-5-13(14)16/h3-6,11-12,20H,7-10H2,1-2H3,(H3,17,18,19). The van der Waals surface area contributed by atoms with Gasteiger partial charge in [0.1, 0.15) is 18.5 Å². The zero-order valence-electron chi connectivity index (χ0n) is 12.6. The lowest BCUT2D eigenvalue weighted by molar-refractivity contribution is 0.114. The normalized spacial score (nSPS) is 13.3. The Labute approximate surface area is 134 Å². The Kier molecular flexibility index (Phi) is 8.15. The predicted molar refractivity (Wildman–Crippen MR) is 89.6 cm³/mol. The van der Waals surface area contributed by atoms with Gasteiger partial charge in [0.2, 0.25) is 0 Å². The summed E-state index contributed by atoms with van der Waals surface area (Å²) in [7, 11) is 0. The second kappa shape index (κ2) is 9.63. The van der Waals surface area contributed by atoms with Gasteiger partial charge in [0.05, 0.1) is 11.0 Å². The number of benzene rings is 1.